The van der Waals surface area contributed by atoms with Crippen molar-refractivity contribution in [1.82, 2.24) is 0 Å². The number of methoxy groups -OCH3 is 2. The van der Waals surface area contributed by atoms with E-state index in [1.807, 2.05) is 0 Å². The van der Waals surface area contributed by atoms with Crippen molar-refractivity contribution in [3.63, 3.8) is 0 Å². The van der Waals surface area contributed by atoms with Crippen LogP contribution in [0.1, 0.15) is 27.2 Å². The molecule has 18 heavy (non-hydrogen) atoms. The Bertz CT molecular complexity index is 373. The Kier molecular flexibility index (Phi) is 5.68. The van der Waals surface area contributed by atoms with Crippen LogP contribution in [-0.2, 0) is 28.7 Å². The molecule has 2 atom stereocenters. The standard InChI is InChI=1S/C12H18O6/c1-7(6-8(2)13)12(3,11(16)18-5)9(14)10(15)17-4/h7H,6H2,1-5H3/t7-,12+/m1/s1. The summed E-state index contributed by atoms with van der Waals surface area (Å²) < 4.78 is 8.88. The van der Waals surface area contributed by atoms with Crippen molar-refractivity contribution >= 4 is 23.5 Å². The largest absolute Gasteiger partial charge is 0.468 e. The molecule has 0 amide bonds. The van der Waals surface area contributed by atoms with Gasteiger partial charge in [0.05, 0.1) is 14.2 Å². The van der Waals surface area contributed by atoms with Gasteiger partial charge in [-0.3, -0.25) is 9.59 Å². The third-order valence-electron chi connectivity index (χ3n) is 3.03. The highest BCUT2D eigenvalue weighted by Crippen LogP contribution is 2.33. The molecular formula is C12H18O6. The molecule has 0 aliphatic rings. The van der Waals surface area contributed by atoms with Gasteiger partial charge in [0, 0.05) is 6.42 Å². The summed E-state index contributed by atoms with van der Waals surface area (Å²) in [5.41, 5.74) is -1.71. The Morgan fingerprint density at radius 2 is 1.61 bits per heavy atom. The lowest BCUT2D eigenvalue weighted by atomic mass is 9.72. The lowest BCUT2D eigenvalue weighted by Gasteiger charge is -2.29. The van der Waals surface area contributed by atoms with Gasteiger partial charge >= 0.3 is 11.9 Å². The van der Waals surface area contributed by atoms with Gasteiger partial charge in [-0.25, -0.2) is 4.79 Å². The first-order valence-electron chi connectivity index (χ1n) is 5.42. The fraction of sp³-hybridized carbons (Fsp3) is 0.667. The van der Waals surface area contributed by atoms with E-state index in [2.05, 4.69) is 9.47 Å². The summed E-state index contributed by atoms with van der Waals surface area (Å²) in [6.07, 6.45) is -0.00562. The molecule has 0 aliphatic carbocycles. The van der Waals surface area contributed by atoms with Crippen molar-refractivity contribution in [3.05, 3.63) is 0 Å². The number of Topliss-reactive ketones (excluding diaryl/α,β-unsaturated/α-hetero) is 2. The zero-order valence-electron chi connectivity index (χ0n) is 11.2. The highest BCUT2D eigenvalue weighted by Gasteiger charge is 2.50. The van der Waals surface area contributed by atoms with E-state index in [-0.39, 0.29) is 12.2 Å². The highest BCUT2D eigenvalue weighted by atomic mass is 16.5. The maximum Gasteiger partial charge on any atom is 0.375 e. The number of hydrogen-bond donors (Lipinski definition) is 0. The second-order valence-electron chi connectivity index (χ2n) is 4.32. The molecule has 6 nitrogen and oxygen atoms in total. The van der Waals surface area contributed by atoms with Gasteiger partial charge in [0.25, 0.3) is 5.78 Å². The van der Waals surface area contributed by atoms with Crippen LogP contribution in [0.4, 0.5) is 0 Å². The summed E-state index contributed by atoms with van der Waals surface area (Å²) in [5.74, 6) is -3.83. The number of carbonyl (C=O) groups excluding carboxylic acids is 4. The summed E-state index contributed by atoms with van der Waals surface area (Å²) in [6, 6.07) is 0. The molecule has 0 aromatic rings. The number of ketones is 2. The zero-order chi connectivity index (χ0) is 14.5. The molecule has 0 aromatic carbocycles. The van der Waals surface area contributed by atoms with Crippen molar-refractivity contribution in [2.75, 3.05) is 14.2 Å². The summed E-state index contributed by atoms with van der Waals surface area (Å²) in [6.45, 7) is 4.17. The predicted molar refractivity (Wildman–Crippen MR) is 61.6 cm³/mol. The minimum atomic E-state index is -1.71. The number of ether oxygens (including phenoxy) is 2. The van der Waals surface area contributed by atoms with Crippen LogP contribution < -0.4 is 0 Å². The minimum Gasteiger partial charge on any atom is -0.468 e. The van der Waals surface area contributed by atoms with Gasteiger partial charge < -0.3 is 14.3 Å². The molecule has 0 rings (SSSR count). The quantitative estimate of drug-likeness (QED) is 0.392. The molecule has 0 N–H and O–H groups in total. The molecule has 0 fully saturated rings. The highest BCUT2D eigenvalue weighted by molar-refractivity contribution is 6.39. The molecule has 0 aromatic heterocycles. The number of carbonyl (C=O) groups is 4. The summed E-state index contributed by atoms with van der Waals surface area (Å²) >= 11 is 0. The fourth-order valence-corrected chi connectivity index (χ4v) is 1.67. The first-order valence-corrected chi connectivity index (χ1v) is 5.42. The number of esters is 2. The molecular weight excluding hydrogens is 240 g/mol. The van der Waals surface area contributed by atoms with E-state index in [9.17, 15) is 19.2 Å². The smallest absolute Gasteiger partial charge is 0.375 e. The third-order valence-corrected chi connectivity index (χ3v) is 3.03. The van der Waals surface area contributed by atoms with E-state index >= 15 is 0 Å². The van der Waals surface area contributed by atoms with E-state index in [4.69, 9.17) is 0 Å². The molecule has 0 aliphatic heterocycles. The molecule has 0 heterocycles. The molecule has 102 valence electrons. The average molecular weight is 258 g/mol. The van der Waals surface area contributed by atoms with Gasteiger partial charge in [-0.2, -0.15) is 0 Å². The van der Waals surface area contributed by atoms with E-state index in [0.29, 0.717) is 0 Å². The van der Waals surface area contributed by atoms with Gasteiger partial charge in [0.1, 0.15) is 11.2 Å². The molecule has 0 unspecified atom stereocenters. The Hall–Kier alpha value is -1.72. The van der Waals surface area contributed by atoms with Crippen molar-refractivity contribution in [2.45, 2.75) is 27.2 Å². The van der Waals surface area contributed by atoms with Crippen LogP contribution >= 0.6 is 0 Å². The van der Waals surface area contributed by atoms with Gasteiger partial charge in [-0.05, 0) is 19.8 Å². The van der Waals surface area contributed by atoms with Crippen molar-refractivity contribution < 1.29 is 28.7 Å². The van der Waals surface area contributed by atoms with E-state index in [0.717, 1.165) is 14.2 Å². The minimum absolute atomic E-state index is 0.00562. The fourth-order valence-electron chi connectivity index (χ4n) is 1.67. The monoisotopic (exact) mass is 258 g/mol. The van der Waals surface area contributed by atoms with Crippen molar-refractivity contribution in [2.24, 2.45) is 11.3 Å². The Balaban J connectivity index is 5.43. The summed E-state index contributed by atoms with van der Waals surface area (Å²) in [5, 5.41) is 0. The first-order chi connectivity index (χ1) is 8.21. The zero-order valence-corrected chi connectivity index (χ0v) is 11.2. The van der Waals surface area contributed by atoms with Crippen LogP contribution in [0, 0.1) is 11.3 Å². The Labute approximate surface area is 106 Å². The summed E-state index contributed by atoms with van der Waals surface area (Å²) in [4.78, 5) is 46.1. The van der Waals surface area contributed by atoms with Crippen LogP contribution in [0.5, 0.6) is 0 Å². The van der Waals surface area contributed by atoms with E-state index in [1.54, 1.807) is 6.92 Å². The molecule has 0 radical (unpaired) electrons. The van der Waals surface area contributed by atoms with Gasteiger partial charge in [-0.1, -0.05) is 6.92 Å². The summed E-state index contributed by atoms with van der Waals surface area (Å²) in [7, 11) is 2.17. The van der Waals surface area contributed by atoms with Gasteiger partial charge in [-0.15, -0.1) is 0 Å². The second-order valence-corrected chi connectivity index (χ2v) is 4.32. The lowest BCUT2D eigenvalue weighted by molar-refractivity contribution is -0.169. The lowest BCUT2D eigenvalue weighted by Crippen LogP contribution is -2.47. The first kappa shape index (κ1) is 16.3. The predicted octanol–water partition coefficient (Wildman–Crippen LogP) is 0.523. The molecule has 0 saturated heterocycles. The van der Waals surface area contributed by atoms with Gasteiger partial charge in [0.2, 0.25) is 0 Å². The second kappa shape index (κ2) is 6.28. The molecule has 0 bridgehead atoms. The van der Waals surface area contributed by atoms with E-state index < -0.39 is 29.1 Å². The van der Waals surface area contributed by atoms with Crippen LogP contribution in [0.3, 0.4) is 0 Å². The van der Waals surface area contributed by atoms with E-state index in [1.165, 1.54) is 13.8 Å². The normalized spacial score (nSPS) is 15.2. The van der Waals surface area contributed by atoms with Crippen molar-refractivity contribution in [1.29, 1.82) is 0 Å². The molecule has 0 spiro atoms. The van der Waals surface area contributed by atoms with Crippen LogP contribution in [0.15, 0.2) is 0 Å². The topological polar surface area (TPSA) is 86.7 Å². The molecule has 0 saturated carbocycles. The molecule has 6 heteroatoms. The van der Waals surface area contributed by atoms with Crippen molar-refractivity contribution in [3.8, 4) is 0 Å². The third kappa shape index (κ3) is 3.15. The maximum atomic E-state index is 11.9. The van der Waals surface area contributed by atoms with Crippen LogP contribution in [0.2, 0.25) is 0 Å². The van der Waals surface area contributed by atoms with Crippen LogP contribution in [-0.4, -0.2) is 37.7 Å². The average Bonchev–Trinajstić information content (AvgIpc) is 2.33. The van der Waals surface area contributed by atoms with Crippen LogP contribution in [0.25, 0.3) is 0 Å². The Morgan fingerprint density at radius 1 is 1.11 bits per heavy atom. The van der Waals surface area contributed by atoms with Gasteiger partial charge in [0.15, 0.2) is 0 Å². The number of rotatable bonds is 6. The SMILES string of the molecule is COC(=O)C(=O)[C@@](C)(C(=O)OC)[C@H](C)CC(C)=O. The number of hydrogen-bond acceptors (Lipinski definition) is 6. The Morgan fingerprint density at radius 3 is 1.94 bits per heavy atom. The maximum absolute atomic E-state index is 11.9.